The number of hydrogen-bond donors (Lipinski definition) is 0. The van der Waals surface area contributed by atoms with Gasteiger partial charge in [0.15, 0.2) is 0 Å². The Morgan fingerprint density at radius 3 is 2.05 bits per heavy atom. The average molecular weight is 285 g/mol. The smallest absolute Gasteiger partial charge is 0.311 e. The lowest BCUT2D eigenvalue weighted by atomic mass is 10.1. The van der Waals surface area contributed by atoms with E-state index in [0.29, 0.717) is 6.42 Å². The van der Waals surface area contributed by atoms with Crippen LogP contribution in [-0.2, 0) is 20.0 Å². The van der Waals surface area contributed by atoms with E-state index >= 15 is 0 Å². The fourth-order valence-corrected chi connectivity index (χ4v) is 4.03. The minimum atomic E-state index is -3.12. The van der Waals surface area contributed by atoms with Crippen LogP contribution in [0.3, 0.4) is 0 Å². The Hall–Kier alpha value is -0.670. The molecule has 108 valence electrons. The summed E-state index contributed by atoms with van der Waals surface area (Å²) < 4.78 is 23.1. The zero-order valence-electron chi connectivity index (χ0n) is 12.2. The number of benzene rings is 1. The highest BCUT2D eigenvalue weighted by molar-refractivity contribution is 7.54. The molecule has 19 heavy (non-hydrogen) atoms. The number of likely N-dealkylation sites (N-methyl/N-ethyl adjacent to an activating group) is 1. The normalized spacial score (nSPS) is 13.7. The first-order valence-corrected chi connectivity index (χ1v) is 8.21. The molecule has 0 heterocycles. The molecule has 0 aliphatic heterocycles. The van der Waals surface area contributed by atoms with Gasteiger partial charge in [0, 0.05) is 14.2 Å². The van der Waals surface area contributed by atoms with Crippen molar-refractivity contribution in [1.82, 2.24) is 4.90 Å². The lowest BCUT2D eigenvalue weighted by molar-refractivity contribution is 0.197. The van der Waals surface area contributed by atoms with Gasteiger partial charge < -0.3 is 9.05 Å². The zero-order valence-corrected chi connectivity index (χ0v) is 13.1. The second kappa shape index (κ2) is 7.81. The molecule has 0 spiro atoms. The Balaban J connectivity index is 3.02. The first-order valence-electron chi connectivity index (χ1n) is 6.60. The maximum atomic E-state index is 12.7. The second-order valence-corrected chi connectivity index (χ2v) is 6.70. The van der Waals surface area contributed by atoms with Crippen LogP contribution in [0.15, 0.2) is 30.3 Å². The minimum Gasteiger partial charge on any atom is -0.311 e. The summed E-state index contributed by atoms with van der Waals surface area (Å²) in [6.07, 6.45) is 0.654. The second-order valence-electron chi connectivity index (χ2n) is 4.30. The summed E-state index contributed by atoms with van der Waals surface area (Å²) >= 11 is 0. The summed E-state index contributed by atoms with van der Waals surface area (Å²) in [4.78, 5) is 2.13. The molecule has 0 saturated carbocycles. The molecule has 0 bridgehead atoms. The zero-order chi connectivity index (χ0) is 14.3. The summed E-state index contributed by atoms with van der Waals surface area (Å²) in [7, 11) is -0.220. The monoisotopic (exact) mass is 285 g/mol. The maximum absolute atomic E-state index is 12.7. The van der Waals surface area contributed by atoms with Crippen molar-refractivity contribution < 1.29 is 13.6 Å². The van der Waals surface area contributed by atoms with Gasteiger partial charge in [-0.2, -0.15) is 0 Å². The Morgan fingerprint density at radius 1 is 1.11 bits per heavy atom. The first kappa shape index (κ1) is 16.4. The van der Waals surface area contributed by atoms with Gasteiger partial charge in [-0.05, 0) is 25.1 Å². The van der Waals surface area contributed by atoms with Crippen molar-refractivity contribution in [3.8, 4) is 0 Å². The molecule has 0 aromatic heterocycles. The van der Waals surface area contributed by atoms with Crippen molar-refractivity contribution in [2.24, 2.45) is 0 Å². The molecular formula is C14H24NO3P. The summed E-state index contributed by atoms with van der Waals surface area (Å²) in [6.45, 7) is 5.73. The molecule has 5 heteroatoms. The lowest BCUT2D eigenvalue weighted by Gasteiger charge is -2.33. The van der Waals surface area contributed by atoms with E-state index in [4.69, 9.17) is 9.05 Å². The molecular weight excluding hydrogens is 261 g/mol. The quantitative estimate of drug-likeness (QED) is 0.686. The van der Waals surface area contributed by atoms with Gasteiger partial charge in [0.2, 0.25) is 0 Å². The van der Waals surface area contributed by atoms with Gasteiger partial charge >= 0.3 is 7.60 Å². The van der Waals surface area contributed by atoms with Gasteiger partial charge in [0.05, 0.1) is 0 Å². The van der Waals surface area contributed by atoms with E-state index in [1.165, 1.54) is 14.2 Å². The van der Waals surface area contributed by atoms with Crippen molar-refractivity contribution in [1.29, 1.82) is 0 Å². The standard InChI is InChI=1S/C14H24NO3P/c1-5-15(6-2)14(19(16,17-3)18-4)12-13-10-8-7-9-11-13/h7-11,14H,5-6,12H2,1-4H3. The van der Waals surface area contributed by atoms with Crippen LogP contribution in [0.5, 0.6) is 0 Å². The van der Waals surface area contributed by atoms with Gasteiger partial charge in [0.25, 0.3) is 0 Å². The molecule has 1 aromatic carbocycles. The molecule has 0 amide bonds. The first-order chi connectivity index (χ1) is 9.11. The van der Waals surface area contributed by atoms with Crippen molar-refractivity contribution in [2.45, 2.75) is 26.1 Å². The van der Waals surface area contributed by atoms with Crippen molar-refractivity contribution in [2.75, 3.05) is 27.3 Å². The highest BCUT2D eigenvalue weighted by Crippen LogP contribution is 2.53. The number of nitrogens with zero attached hydrogens (tertiary/aromatic N) is 1. The minimum absolute atomic E-state index is 0.250. The van der Waals surface area contributed by atoms with Gasteiger partial charge in [-0.1, -0.05) is 44.2 Å². The summed E-state index contributed by atoms with van der Waals surface area (Å²) in [5, 5.41) is 0. The fraction of sp³-hybridized carbons (Fsp3) is 0.571. The lowest BCUT2D eigenvalue weighted by Crippen LogP contribution is -2.37. The van der Waals surface area contributed by atoms with Crippen LogP contribution in [-0.4, -0.2) is 38.0 Å². The number of hydrogen-bond acceptors (Lipinski definition) is 4. The molecule has 1 atom stereocenters. The molecule has 0 aliphatic rings. The van der Waals surface area contributed by atoms with E-state index in [9.17, 15) is 4.57 Å². The van der Waals surface area contributed by atoms with Gasteiger partial charge in [0.1, 0.15) is 5.78 Å². The Bertz CT molecular complexity index is 398. The highest BCUT2D eigenvalue weighted by Gasteiger charge is 2.37. The largest absolute Gasteiger partial charge is 0.347 e. The summed E-state index contributed by atoms with van der Waals surface area (Å²) in [5.41, 5.74) is 1.13. The molecule has 0 radical (unpaired) electrons. The Labute approximate surface area is 116 Å². The van der Waals surface area contributed by atoms with Crippen molar-refractivity contribution >= 4 is 7.60 Å². The molecule has 0 aliphatic carbocycles. The Kier molecular flexibility index (Phi) is 6.73. The molecule has 0 fully saturated rings. The van der Waals surface area contributed by atoms with Crippen LogP contribution >= 0.6 is 7.60 Å². The van der Waals surface area contributed by atoms with E-state index in [0.717, 1.165) is 18.7 Å². The molecule has 4 nitrogen and oxygen atoms in total. The molecule has 0 N–H and O–H groups in total. The van der Waals surface area contributed by atoms with Crippen LogP contribution in [0.4, 0.5) is 0 Å². The highest BCUT2D eigenvalue weighted by atomic mass is 31.2. The van der Waals surface area contributed by atoms with Crippen molar-refractivity contribution in [3.05, 3.63) is 35.9 Å². The fourth-order valence-electron chi connectivity index (χ4n) is 2.23. The Morgan fingerprint density at radius 2 is 1.63 bits per heavy atom. The van der Waals surface area contributed by atoms with Crippen LogP contribution < -0.4 is 0 Å². The predicted molar refractivity (Wildman–Crippen MR) is 78.5 cm³/mol. The van der Waals surface area contributed by atoms with Crippen LogP contribution in [0.1, 0.15) is 19.4 Å². The third-order valence-electron chi connectivity index (χ3n) is 3.37. The van der Waals surface area contributed by atoms with E-state index in [1.54, 1.807) is 0 Å². The molecule has 1 rings (SSSR count). The topological polar surface area (TPSA) is 38.8 Å². The van der Waals surface area contributed by atoms with Gasteiger partial charge in [-0.15, -0.1) is 0 Å². The number of rotatable bonds is 8. The van der Waals surface area contributed by atoms with Crippen LogP contribution in [0.2, 0.25) is 0 Å². The molecule has 0 saturated heterocycles. The summed E-state index contributed by atoms with van der Waals surface area (Å²) in [6, 6.07) is 10.0. The molecule has 1 unspecified atom stereocenters. The third kappa shape index (κ3) is 4.15. The van der Waals surface area contributed by atoms with Crippen LogP contribution in [0.25, 0.3) is 0 Å². The molecule has 1 aromatic rings. The summed E-state index contributed by atoms with van der Waals surface area (Å²) in [5.74, 6) is -0.250. The average Bonchev–Trinajstić information content (AvgIpc) is 2.47. The van der Waals surface area contributed by atoms with Gasteiger partial charge in [-0.3, -0.25) is 9.46 Å². The SMILES string of the molecule is CCN(CC)C(Cc1ccccc1)P(=O)(OC)OC. The van der Waals surface area contributed by atoms with Gasteiger partial charge in [-0.25, -0.2) is 0 Å². The van der Waals surface area contributed by atoms with Crippen LogP contribution in [0, 0.1) is 0 Å². The maximum Gasteiger partial charge on any atom is 0.347 e. The predicted octanol–water partition coefficient (Wildman–Crippen LogP) is 3.38. The van der Waals surface area contributed by atoms with E-state index in [1.807, 2.05) is 30.3 Å². The van der Waals surface area contributed by atoms with E-state index in [2.05, 4.69) is 18.7 Å². The van der Waals surface area contributed by atoms with E-state index < -0.39 is 7.60 Å². The third-order valence-corrected chi connectivity index (χ3v) is 5.63. The van der Waals surface area contributed by atoms with Crippen molar-refractivity contribution in [3.63, 3.8) is 0 Å². The van der Waals surface area contributed by atoms with E-state index in [-0.39, 0.29) is 5.78 Å².